The van der Waals surface area contributed by atoms with Gasteiger partial charge in [-0.3, -0.25) is 4.79 Å². The molecule has 0 heterocycles. The van der Waals surface area contributed by atoms with Crippen LogP contribution in [0.25, 0.3) is 12.2 Å². The van der Waals surface area contributed by atoms with E-state index in [1.54, 1.807) is 18.2 Å². The number of nitrogens with zero attached hydrogens (tertiary/aromatic N) is 1. The number of carbonyl (C=O) groups excluding carboxylic acids is 1. The molecule has 1 aliphatic rings. The summed E-state index contributed by atoms with van der Waals surface area (Å²) in [6.45, 7) is 0. The van der Waals surface area contributed by atoms with Gasteiger partial charge in [-0.2, -0.15) is 0 Å². The van der Waals surface area contributed by atoms with Crippen molar-refractivity contribution in [3.63, 3.8) is 0 Å². The van der Waals surface area contributed by atoms with Gasteiger partial charge in [0.25, 0.3) is 0 Å². The number of carbonyl (C=O) groups is 1. The first-order valence-corrected chi connectivity index (χ1v) is 9.38. The molecule has 0 aromatic heterocycles. The molecule has 2 nitrogen and oxygen atoms in total. The fourth-order valence-electron chi connectivity index (χ4n) is 3.07. The third-order valence-corrected chi connectivity index (χ3v) is 5.20. The van der Waals surface area contributed by atoms with Crippen LogP contribution in [-0.4, -0.2) is 19.9 Å². The quantitative estimate of drug-likeness (QED) is 0.579. The zero-order chi connectivity index (χ0) is 18.7. The summed E-state index contributed by atoms with van der Waals surface area (Å²) in [4.78, 5) is 15.0. The van der Waals surface area contributed by atoms with Crippen molar-refractivity contribution in [1.82, 2.24) is 0 Å². The van der Waals surface area contributed by atoms with E-state index in [9.17, 15) is 4.79 Å². The molecule has 0 amide bonds. The lowest BCUT2D eigenvalue weighted by atomic mass is 9.87. The number of allylic oxidation sites excluding steroid dienone is 2. The summed E-state index contributed by atoms with van der Waals surface area (Å²) in [7, 11) is 4.02. The number of hydrogen-bond donors (Lipinski definition) is 0. The Labute approximate surface area is 164 Å². The summed E-state index contributed by atoms with van der Waals surface area (Å²) in [6, 6.07) is 13.6. The van der Waals surface area contributed by atoms with Crippen molar-refractivity contribution in [2.75, 3.05) is 19.0 Å². The molecule has 0 atom stereocenters. The van der Waals surface area contributed by atoms with Crippen molar-refractivity contribution in [3.05, 3.63) is 74.8 Å². The molecule has 1 saturated carbocycles. The Bertz CT molecular complexity index is 859. The van der Waals surface area contributed by atoms with Gasteiger partial charge in [0.05, 0.1) is 0 Å². The molecule has 0 aliphatic heterocycles. The van der Waals surface area contributed by atoms with Crippen LogP contribution in [0.4, 0.5) is 5.69 Å². The van der Waals surface area contributed by atoms with Gasteiger partial charge in [0, 0.05) is 46.5 Å². The van der Waals surface area contributed by atoms with Crippen LogP contribution in [-0.2, 0) is 4.79 Å². The smallest absolute Gasteiger partial charge is 0.185 e. The molecule has 0 unspecified atom stereocenters. The maximum Gasteiger partial charge on any atom is 0.185 e. The molecule has 0 N–H and O–H groups in total. The van der Waals surface area contributed by atoms with E-state index in [0.717, 1.165) is 47.2 Å². The molecule has 26 heavy (non-hydrogen) atoms. The number of ketones is 1. The van der Waals surface area contributed by atoms with E-state index in [-0.39, 0.29) is 5.78 Å². The SMILES string of the molecule is CN(C)c1ccc(/C=C2/CCCC(=Cc3c(Cl)cccc3Cl)C2=O)cc1. The van der Waals surface area contributed by atoms with E-state index in [1.165, 1.54) is 0 Å². The Kier molecular flexibility index (Phi) is 5.85. The van der Waals surface area contributed by atoms with Crippen LogP contribution >= 0.6 is 23.2 Å². The molecule has 134 valence electrons. The molecule has 0 bridgehead atoms. The van der Waals surface area contributed by atoms with Gasteiger partial charge in [-0.25, -0.2) is 0 Å². The fourth-order valence-corrected chi connectivity index (χ4v) is 3.58. The molecule has 3 rings (SSSR count). The molecule has 0 spiro atoms. The lowest BCUT2D eigenvalue weighted by molar-refractivity contribution is -0.112. The van der Waals surface area contributed by atoms with E-state index < -0.39 is 0 Å². The lowest BCUT2D eigenvalue weighted by Gasteiger charge is -2.17. The topological polar surface area (TPSA) is 20.3 Å². The summed E-state index contributed by atoms with van der Waals surface area (Å²) >= 11 is 12.5. The van der Waals surface area contributed by atoms with Gasteiger partial charge >= 0.3 is 0 Å². The van der Waals surface area contributed by atoms with Crippen molar-refractivity contribution in [1.29, 1.82) is 0 Å². The highest BCUT2D eigenvalue weighted by Crippen LogP contribution is 2.32. The molecule has 1 aliphatic carbocycles. The minimum atomic E-state index is 0.0870. The van der Waals surface area contributed by atoms with Gasteiger partial charge in [0.15, 0.2) is 5.78 Å². The second kappa shape index (κ2) is 8.11. The third kappa shape index (κ3) is 4.20. The second-order valence-electron chi connectivity index (χ2n) is 6.64. The standard InChI is InChI=1S/C22H21Cl2NO/c1-25(2)18-11-9-15(10-12-18)13-16-5-3-6-17(22(16)26)14-19-20(23)7-4-8-21(19)24/h4,7-14H,3,5-6H2,1-2H3/b16-13-,17-14?. The first kappa shape index (κ1) is 18.8. The zero-order valence-electron chi connectivity index (χ0n) is 14.9. The zero-order valence-corrected chi connectivity index (χ0v) is 16.4. The normalized spacial score (nSPS) is 17.8. The van der Waals surface area contributed by atoms with Crippen LogP contribution < -0.4 is 4.90 Å². The number of benzene rings is 2. The van der Waals surface area contributed by atoms with Crippen molar-refractivity contribution in [3.8, 4) is 0 Å². The van der Waals surface area contributed by atoms with E-state index >= 15 is 0 Å². The highest BCUT2D eigenvalue weighted by atomic mass is 35.5. The first-order chi connectivity index (χ1) is 12.5. The summed E-state index contributed by atoms with van der Waals surface area (Å²) in [5, 5.41) is 1.13. The van der Waals surface area contributed by atoms with E-state index in [2.05, 4.69) is 17.0 Å². The van der Waals surface area contributed by atoms with Crippen LogP contribution in [0, 0.1) is 0 Å². The third-order valence-electron chi connectivity index (χ3n) is 4.54. The second-order valence-corrected chi connectivity index (χ2v) is 7.46. The Morgan fingerprint density at radius 3 is 2.04 bits per heavy atom. The largest absolute Gasteiger partial charge is 0.378 e. The number of Topliss-reactive ketones (excluding diaryl/α,β-unsaturated/α-hetero) is 1. The van der Waals surface area contributed by atoms with Gasteiger partial charge in [-0.15, -0.1) is 0 Å². The summed E-state index contributed by atoms with van der Waals surface area (Å²) in [5.74, 6) is 0.0870. The molecular weight excluding hydrogens is 365 g/mol. The Morgan fingerprint density at radius 2 is 1.46 bits per heavy atom. The minimum absolute atomic E-state index is 0.0870. The number of rotatable bonds is 3. The maximum absolute atomic E-state index is 12.9. The van der Waals surface area contributed by atoms with Gasteiger partial charge < -0.3 is 4.90 Å². The summed E-state index contributed by atoms with van der Waals surface area (Å²) in [6.07, 6.45) is 6.32. The minimum Gasteiger partial charge on any atom is -0.378 e. The predicted octanol–water partition coefficient (Wildman–Crippen LogP) is 6.28. The fraction of sp³-hybridized carbons (Fsp3) is 0.227. The molecular formula is C22H21Cl2NO. The van der Waals surface area contributed by atoms with E-state index in [1.807, 2.05) is 38.4 Å². The van der Waals surface area contributed by atoms with Crippen molar-refractivity contribution in [2.24, 2.45) is 0 Å². The number of hydrogen-bond acceptors (Lipinski definition) is 2. The molecule has 2 aromatic rings. The highest BCUT2D eigenvalue weighted by molar-refractivity contribution is 6.37. The van der Waals surface area contributed by atoms with Gasteiger partial charge in [0.2, 0.25) is 0 Å². The molecule has 1 fully saturated rings. The van der Waals surface area contributed by atoms with Crippen molar-refractivity contribution < 1.29 is 4.79 Å². The molecule has 4 heteroatoms. The van der Waals surface area contributed by atoms with Crippen LogP contribution in [0.1, 0.15) is 30.4 Å². The van der Waals surface area contributed by atoms with E-state index in [0.29, 0.717) is 10.0 Å². The molecule has 2 aromatic carbocycles. The number of halogens is 2. The molecule has 0 radical (unpaired) electrons. The van der Waals surface area contributed by atoms with Gasteiger partial charge in [0.1, 0.15) is 0 Å². The van der Waals surface area contributed by atoms with Gasteiger partial charge in [-0.1, -0.05) is 41.4 Å². The Balaban J connectivity index is 1.89. The first-order valence-electron chi connectivity index (χ1n) is 8.63. The summed E-state index contributed by atoms with van der Waals surface area (Å²) in [5.41, 5.74) is 4.49. The average molecular weight is 386 g/mol. The van der Waals surface area contributed by atoms with Crippen molar-refractivity contribution >= 4 is 46.8 Å². The van der Waals surface area contributed by atoms with Crippen LogP contribution in [0.15, 0.2) is 53.6 Å². The number of anilines is 1. The van der Waals surface area contributed by atoms with Crippen molar-refractivity contribution in [2.45, 2.75) is 19.3 Å². The van der Waals surface area contributed by atoms with Crippen LogP contribution in [0.3, 0.4) is 0 Å². The Hall–Kier alpha value is -2.03. The van der Waals surface area contributed by atoms with Gasteiger partial charge in [-0.05, 0) is 61.2 Å². The molecule has 0 saturated heterocycles. The predicted molar refractivity (Wildman–Crippen MR) is 112 cm³/mol. The summed E-state index contributed by atoms with van der Waals surface area (Å²) < 4.78 is 0. The van der Waals surface area contributed by atoms with E-state index in [4.69, 9.17) is 23.2 Å². The van der Waals surface area contributed by atoms with Crippen LogP contribution in [0.2, 0.25) is 10.0 Å². The van der Waals surface area contributed by atoms with Crippen LogP contribution in [0.5, 0.6) is 0 Å². The highest BCUT2D eigenvalue weighted by Gasteiger charge is 2.21. The maximum atomic E-state index is 12.9. The average Bonchev–Trinajstić information content (AvgIpc) is 2.62. The Morgan fingerprint density at radius 1 is 0.885 bits per heavy atom. The lowest BCUT2D eigenvalue weighted by Crippen LogP contribution is -2.12. The monoisotopic (exact) mass is 385 g/mol.